The van der Waals surface area contributed by atoms with Gasteiger partial charge in [0.25, 0.3) is 5.56 Å². The van der Waals surface area contributed by atoms with E-state index in [4.69, 9.17) is 15.2 Å². The van der Waals surface area contributed by atoms with Gasteiger partial charge < -0.3 is 15.2 Å². The van der Waals surface area contributed by atoms with Gasteiger partial charge in [-0.1, -0.05) is 30.3 Å². The number of carbonyl (C=O) groups excluding carboxylic acids is 2. The summed E-state index contributed by atoms with van der Waals surface area (Å²) in [5, 5.41) is 0. The largest absolute Gasteiger partial charge is 0.493 e. The van der Waals surface area contributed by atoms with Gasteiger partial charge in [0.05, 0.1) is 23.7 Å². The predicted molar refractivity (Wildman–Crippen MR) is 163 cm³/mol. The number of esters is 1. The van der Waals surface area contributed by atoms with Crippen molar-refractivity contribution in [3.8, 4) is 11.4 Å². The van der Waals surface area contributed by atoms with Crippen LogP contribution < -0.4 is 16.0 Å². The summed E-state index contributed by atoms with van der Waals surface area (Å²) in [6.45, 7) is 0.0900. The van der Waals surface area contributed by atoms with Crippen LogP contribution in [0.25, 0.3) is 5.69 Å². The van der Waals surface area contributed by atoms with Crippen LogP contribution in [-0.2, 0) is 9.53 Å². The predicted octanol–water partition coefficient (Wildman–Crippen LogP) is 7.03. The van der Waals surface area contributed by atoms with E-state index >= 15 is 8.78 Å². The first-order valence-electron chi connectivity index (χ1n) is 15.0. The lowest BCUT2D eigenvalue weighted by molar-refractivity contribution is -0.150. The van der Waals surface area contributed by atoms with E-state index in [1.807, 2.05) is 30.3 Å². The number of ether oxygens (including phenoxy) is 2. The smallest absolute Gasteiger partial charge is 0.313 e. The number of nitrogens with zero attached hydrogens (tertiary/aromatic N) is 1. The Bertz CT molecular complexity index is 1760. The van der Waals surface area contributed by atoms with Crippen LogP contribution >= 0.6 is 0 Å². The lowest BCUT2D eigenvalue weighted by Gasteiger charge is -2.19. The van der Waals surface area contributed by atoms with Gasteiger partial charge >= 0.3 is 5.97 Å². The maximum atomic E-state index is 15.3. The first kappa shape index (κ1) is 32.5. The molecule has 1 fully saturated rings. The second kappa shape index (κ2) is 14.4. The molecule has 1 aromatic heterocycles. The molecule has 46 heavy (non-hydrogen) atoms. The van der Waals surface area contributed by atoms with Crippen LogP contribution in [0, 0.1) is 23.3 Å². The highest BCUT2D eigenvalue weighted by Crippen LogP contribution is 2.30. The van der Waals surface area contributed by atoms with Gasteiger partial charge in [-0.3, -0.25) is 19.0 Å². The highest BCUT2D eigenvalue weighted by atomic mass is 19.1. The molecule has 0 amide bonds. The van der Waals surface area contributed by atoms with Crippen molar-refractivity contribution in [1.29, 1.82) is 0 Å². The second-order valence-corrected chi connectivity index (χ2v) is 11.1. The van der Waals surface area contributed by atoms with Crippen molar-refractivity contribution in [2.24, 2.45) is 0 Å². The van der Waals surface area contributed by atoms with Crippen LogP contribution in [-0.4, -0.2) is 29.0 Å². The minimum atomic E-state index is -1.19. The normalized spacial score (nSPS) is 13.8. The lowest BCUT2D eigenvalue weighted by atomic mass is 9.93. The standard InChI is InChI=1S/C35H32F4N2O5/c36-22-13-14-26(28(37)18-22)33(43)27-15-16-31(42)41(34(27)40)32-29(38)19-24(20-30(32)39)45-17-7-6-12-25(21-8-2-1-3-9-21)35(44)46-23-10-4-5-11-23/h1-3,8-9,13-16,18-20,23,25H,4-7,10-12,17,40H2/t25-/m1/s1. The molecule has 1 saturated carbocycles. The van der Waals surface area contributed by atoms with E-state index in [1.54, 1.807) is 0 Å². The Hall–Kier alpha value is -4.93. The fourth-order valence-electron chi connectivity index (χ4n) is 5.63. The Kier molecular flexibility index (Phi) is 10.2. The number of pyridine rings is 1. The van der Waals surface area contributed by atoms with Gasteiger partial charge in [0.2, 0.25) is 0 Å². The van der Waals surface area contributed by atoms with Crippen LogP contribution in [0.15, 0.2) is 77.6 Å². The maximum Gasteiger partial charge on any atom is 0.313 e. The number of hydrogen-bond acceptors (Lipinski definition) is 6. The number of nitrogen functional groups attached to an aromatic ring is 1. The summed E-state index contributed by atoms with van der Waals surface area (Å²) in [6.07, 6.45) is 5.32. The highest BCUT2D eigenvalue weighted by molar-refractivity contribution is 6.11. The van der Waals surface area contributed by atoms with E-state index in [2.05, 4.69) is 0 Å². The Morgan fingerprint density at radius 1 is 0.848 bits per heavy atom. The van der Waals surface area contributed by atoms with Crippen molar-refractivity contribution in [1.82, 2.24) is 4.57 Å². The molecule has 7 nitrogen and oxygen atoms in total. The Morgan fingerprint density at radius 2 is 1.52 bits per heavy atom. The zero-order valence-electron chi connectivity index (χ0n) is 24.8. The number of carbonyl (C=O) groups is 2. The maximum absolute atomic E-state index is 15.3. The zero-order valence-corrected chi connectivity index (χ0v) is 24.8. The molecule has 0 bridgehead atoms. The third-order valence-electron chi connectivity index (χ3n) is 7.99. The summed E-state index contributed by atoms with van der Waals surface area (Å²) in [7, 11) is 0. The molecule has 1 aliphatic carbocycles. The number of anilines is 1. The van der Waals surface area contributed by atoms with E-state index in [0.717, 1.165) is 67.6 Å². The number of aromatic nitrogens is 1. The topological polar surface area (TPSA) is 101 Å². The van der Waals surface area contributed by atoms with Gasteiger partial charge in [0.1, 0.15) is 35.0 Å². The summed E-state index contributed by atoms with van der Waals surface area (Å²) < 4.78 is 69.9. The molecule has 0 aliphatic heterocycles. The number of unbranched alkanes of at least 4 members (excludes halogenated alkanes) is 1. The number of hydrogen-bond donors (Lipinski definition) is 1. The van der Waals surface area contributed by atoms with E-state index in [-0.39, 0.29) is 24.4 Å². The highest BCUT2D eigenvalue weighted by Gasteiger charge is 2.27. The van der Waals surface area contributed by atoms with Gasteiger partial charge in [-0.2, -0.15) is 0 Å². The van der Waals surface area contributed by atoms with Gasteiger partial charge in [-0.15, -0.1) is 0 Å². The Morgan fingerprint density at radius 3 is 2.20 bits per heavy atom. The summed E-state index contributed by atoms with van der Waals surface area (Å²) in [4.78, 5) is 38.6. The van der Waals surface area contributed by atoms with Gasteiger partial charge in [0, 0.05) is 24.3 Å². The van der Waals surface area contributed by atoms with E-state index in [0.29, 0.717) is 29.9 Å². The molecule has 0 saturated heterocycles. The van der Waals surface area contributed by atoms with Gasteiger partial charge in [0.15, 0.2) is 17.4 Å². The number of ketones is 1. The molecule has 11 heteroatoms. The van der Waals surface area contributed by atoms with Crippen molar-refractivity contribution < 1.29 is 36.6 Å². The quantitative estimate of drug-likeness (QED) is 0.0776. The summed E-state index contributed by atoms with van der Waals surface area (Å²) >= 11 is 0. The monoisotopic (exact) mass is 636 g/mol. The summed E-state index contributed by atoms with van der Waals surface area (Å²) in [6, 6.07) is 15.3. The molecule has 1 heterocycles. The summed E-state index contributed by atoms with van der Waals surface area (Å²) in [5.74, 6) is -6.96. The third-order valence-corrected chi connectivity index (χ3v) is 7.99. The van der Waals surface area contributed by atoms with Crippen LogP contribution in [0.1, 0.15) is 72.3 Å². The van der Waals surface area contributed by atoms with Gasteiger partial charge in [-0.05, 0) is 68.7 Å². The number of halogens is 4. The minimum absolute atomic E-state index is 0.0539. The Balaban J connectivity index is 1.26. The van der Waals surface area contributed by atoms with Crippen molar-refractivity contribution in [3.05, 3.63) is 123 Å². The fraction of sp³-hybridized carbons (Fsp3) is 0.286. The fourth-order valence-corrected chi connectivity index (χ4v) is 5.63. The van der Waals surface area contributed by atoms with Crippen LogP contribution in [0.3, 0.4) is 0 Å². The van der Waals surface area contributed by atoms with Crippen molar-refractivity contribution >= 4 is 17.6 Å². The first-order chi connectivity index (χ1) is 22.1. The molecular formula is C35H32F4N2O5. The Labute approximate surface area is 262 Å². The van der Waals surface area contributed by atoms with E-state index in [9.17, 15) is 23.2 Å². The van der Waals surface area contributed by atoms with Crippen molar-refractivity contribution in [2.45, 2.75) is 57.0 Å². The molecule has 0 spiro atoms. The molecule has 4 aromatic rings. The molecule has 0 unspecified atom stereocenters. The zero-order chi connectivity index (χ0) is 32.8. The first-order valence-corrected chi connectivity index (χ1v) is 15.0. The average molecular weight is 637 g/mol. The number of rotatable bonds is 12. The molecule has 5 rings (SSSR count). The number of nitrogens with two attached hydrogens (primary N) is 1. The molecular weight excluding hydrogens is 604 g/mol. The van der Waals surface area contributed by atoms with Crippen LogP contribution in [0.2, 0.25) is 0 Å². The lowest BCUT2D eigenvalue weighted by Crippen LogP contribution is -2.25. The van der Waals surface area contributed by atoms with E-state index in [1.165, 1.54) is 0 Å². The number of benzene rings is 3. The van der Waals surface area contributed by atoms with Crippen molar-refractivity contribution in [2.75, 3.05) is 12.3 Å². The summed E-state index contributed by atoms with van der Waals surface area (Å²) in [5.41, 5.74) is 4.11. The molecule has 2 N–H and O–H groups in total. The molecule has 240 valence electrons. The van der Waals surface area contributed by atoms with Gasteiger partial charge in [-0.25, -0.2) is 17.6 Å². The molecule has 1 atom stereocenters. The molecule has 0 radical (unpaired) electrons. The van der Waals surface area contributed by atoms with Crippen LogP contribution in [0.5, 0.6) is 5.75 Å². The third kappa shape index (κ3) is 7.30. The molecule has 3 aromatic carbocycles. The van der Waals surface area contributed by atoms with Crippen molar-refractivity contribution in [3.63, 3.8) is 0 Å². The van der Waals surface area contributed by atoms with E-state index < -0.39 is 63.2 Å². The second-order valence-electron chi connectivity index (χ2n) is 11.1. The minimum Gasteiger partial charge on any atom is -0.493 e. The molecule has 1 aliphatic rings. The SMILES string of the molecule is Nc1c(C(=O)c2ccc(F)cc2F)ccc(=O)n1-c1c(F)cc(OCCCC[C@@H](C(=O)OC2CCCC2)c2ccccc2)cc1F. The van der Waals surface area contributed by atoms with Crippen LogP contribution in [0.4, 0.5) is 23.4 Å². The average Bonchev–Trinajstić information content (AvgIpc) is 3.53.